The Morgan fingerprint density at radius 3 is 2.61 bits per heavy atom. The molecule has 0 unspecified atom stereocenters. The van der Waals surface area contributed by atoms with Gasteiger partial charge in [0.2, 0.25) is 0 Å². The van der Waals surface area contributed by atoms with Crippen molar-refractivity contribution in [1.29, 1.82) is 0 Å². The first-order chi connectivity index (χ1) is 13.7. The molecular weight excluding hydrogens is 356 g/mol. The maximum absolute atomic E-state index is 12.6. The van der Waals surface area contributed by atoms with Gasteiger partial charge in [-0.3, -0.25) is 9.78 Å². The first kappa shape index (κ1) is 18.7. The first-order valence-electron chi connectivity index (χ1n) is 10.0. The number of likely N-dealkylation sites (tertiary alicyclic amines) is 1. The van der Waals surface area contributed by atoms with E-state index in [-0.39, 0.29) is 11.8 Å². The van der Waals surface area contributed by atoms with Crippen molar-refractivity contribution in [2.75, 3.05) is 44.3 Å². The van der Waals surface area contributed by atoms with Crippen LogP contribution in [0.3, 0.4) is 0 Å². The number of carbonyl (C=O) groups excluding carboxylic acids is 1. The van der Waals surface area contributed by atoms with Crippen molar-refractivity contribution in [3.8, 4) is 0 Å². The first-order valence-corrected chi connectivity index (χ1v) is 10.0. The van der Waals surface area contributed by atoms with Gasteiger partial charge in [-0.05, 0) is 19.3 Å². The van der Waals surface area contributed by atoms with E-state index < -0.39 is 0 Å². The fourth-order valence-corrected chi connectivity index (χ4v) is 3.73. The smallest absolute Gasteiger partial charge is 0.274 e. The monoisotopic (exact) mass is 382 g/mol. The number of morpholine rings is 1. The van der Waals surface area contributed by atoms with Crippen molar-refractivity contribution in [3.63, 3.8) is 0 Å². The van der Waals surface area contributed by atoms with Crippen molar-refractivity contribution in [3.05, 3.63) is 41.9 Å². The summed E-state index contributed by atoms with van der Waals surface area (Å²) in [6.45, 7) is 6.71. The van der Waals surface area contributed by atoms with E-state index in [1.54, 1.807) is 12.4 Å². The van der Waals surface area contributed by atoms with Gasteiger partial charge in [-0.25, -0.2) is 15.0 Å². The van der Waals surface area contributed by atoms with Gasteiger partial charge >= 0.3 is 0 Å². The third kappa shape index (κ3) is 4.11. The van der Waals surface area contributed by atoms with Crippen molar-refractivity contribution in [2.24, 2.45) is 0 Å². The average molecular weight is 382 g/mol. The van der Waals surface area contributed by atoms with Crippen LogP contribution in [0.15, 0.2) is 24.7 Å². The second-order valence-electron chi connectivity index (χ2n) is 7.19. The van der Waals surface area contributed by atoms with Gasteiger partial charge in [0.25, 0.3) is 5.91 Å². The van der Waals surface area contributed by atoms with E-state index in [0.717, 1.165) is 62.9 Å². The number of carbonyl (C=O) groups is 1. The number of aromatic nitrogens is 4. The molecule has 0 atom stereocenters. The normalized spacial score (nSPS) is 18.3. The zero-order chi connectivity index (χ0) is 19.3. The average Bonchev–Trinajstić information content (AvgIpc) is 2.79. The Kier molecular flexibility index (Phi) is 5.76. The molecule has 2 aromatic heterocycles. The third-order valence-electron chi connectivity index (χ3n) is 5.41. The van der Waals surface area contributed by atoms with E-state index in [0.29, 0.717) is 18.8 Å². The van der Waals surface area contributed by atoms with Gasteiger partial charge < -0.3 is 14.5 Å². The molecule has 4 rings (SSSR count). The molecule has 0 spiro atoms. The maximum atomic E-state index is 12.6. The quantitative estimate of drug-likeness (QED) is 0.795. The Morgan fingerprint density at radius 2 is 1.93 bits per heavy atom. The Labute approximate surface area is 165 Å². The Hall–Kier alpha value is -2.61. The predicted molar refractivity (Wildman–Crippen MR) is 104 cm³/mol. The second-order valence-corrected chi connectivity index (χ2v) is 7.19. The summed E-state index contributed by atoms with van der Waals surface area (Å²) in [7, 11) is 0. The Bertz CT molecular complexity index is 802. The topological polar surface area (TPSA) is 84.3 Å². The van der Waals surface area contributed by atoms with Crippen LogP contribution in [0.2, 0.25) is 0 Å². The largest absolute Gasteiger partial charge is 0.378 e. The molecular formula is C20H26N6O2. The van der Waals surface area contributed by atoms with Crippen LogP contribution in [0.5, 0.6) is 0 Å². The van der Waals surface area contributed by atoms with Gasteiger partial charge in [-0.15, -0.1) is 0 Å². The molecule has 2 saturated heterocycles. The standard InChI is InChI=1S/C20H26N6O2/c1-2-16-13-18(25-9-11-28-12-10-25)24-19(23-16)15-3-7-26(8-4-15)20(27)17-14-21-5-6-22-17/h5-6,13-15H,2-4,7-12H2,1H3. The van der Waals surface area contributed by atoms with Gasteiger partial charge in [-0.2, -0.15) is 0 Å². The second kappa shape index (κ2) is 8.60. The van der Waals surface area contributed by atoms with E-state index in [2.05, 4.69) is 27.9 Å². The lowest BCUT2D eigenvalue weighted by atomic mass is 9.95. The molecule has 0 N–H and O–H groups in total. The number of aryl methyl sites for hydroxylation is 1. The van der Waals surface area contributed by atoms with Crippen LogP contribution in [-0.2, 0) is 11.2 Å². The molecule has 8 nitrogen and oxygen atoms in total. The zero-order valence-corrected chi connectivity index (χ0v) is 16.3. The summed E-state index contributed by atoms with van der Waals surface area (Å²) < 4.78 is 5.46. The molecule has 2 fully saturated rings. The molecule has 2 aromatic rings. The summed E-state index contributed by atoms with van der Waals surface area (Å²) in [6, 6.07) is 2.10. The minimum absolute atomic E-state index is 0.0521. The van der Waals surface area contributed by atoms with Crippen molar-refractivity contribution >= 4 is 11.7 Å². The fraction of sp³-hybridized carbons (Fsp3) is 0.550. The molecule has 2 aliphatic rings. The summed E-state index contributed by atoms with van der Waals surface area (Å²) >= 11 is 0. The number of hydrogen-bond acceptors (Lipinski definition) is 7. The number of rotatable bonds is 4. The lowest BCUT2D eigenvalue weighted by Crippen LogP contribution is -2.39. The van der Waals surface area contributed by atoms with E-state index in [4.69, 9.17) is 14.7 Å². The highest BCUT2D eigenvalue weighted by atomic mass is 16.5. The van der Waals surface area contributed by atoms with E-state index in [1.807, 2.05) is 4.90 Å². The van der Waals surface area contributed by atoms with Crippen LogP contribution in [0.1, 0.15) is 47.7 Å². The highest BCUT2D eigenvalue weighted by Gasteiger charge is 2.27. The van der Waals surface area contributed by atoms with E-state index >= 15 is 0 Å². The number of hydrogen-bond donors (Lipinski definition) is 0. The Balaban J connectivity index is 1.46. The maximum Gasteiger partial charge on any atom is 0.274 e. The lowest BCUT2D eigenvalue weighted by molar-refractivity contribution is 0.0704. The molecule has 2 aliphatic heterocycles. The summed E-state index contributed by atoms with van der Waals surface area (Å²) in [5.41, 5.74) is 1.48. The number of anilines is 1. The molecule has 0 bridgehead atoms. The predicted octanol–water partition coefficient (Wildman–Crippen LogP) is 1.69. The van der Waals surface area contributed by atoms with Crippen LogP contribution in [0.25, 0.3) is 0 Å². The fourth-order valence-electron chi connectivity index (χ4n) is 3.73. The molecule has 148 valence electrons. The SMILES string of the molecule is CCc1cc(N2CCOCC2)nc(C2CCN(C(=O)c3cnccn3)CC2)n1. The van der Waals surface area contributed by atoms with E-state index in [1.165, 1.54) is 6.20 Å². The zero-order valence-electron chi connectivity index (χ0n) is 16.3. The van der Waals surface area contributed by atoms with Crippen LogP contribution < -0.4 is 4.90 Å². The third-order valence-corrected chi connectivity index (χ3v) is 5.41. The van der Waals surface area contributed by atoms with E-state index in [9.17, 15) is 4.79 Å². The van der Waals surface area contributed by atoms with Crippen LogP contribution in [0, 0.1) is 0 Å². The molecule has 28 heavy (non-hydrogen) atoms. The van der Waals surface area contributed by atoms with Gasteiger partial charge in [0, 0.05) is 56.3 Å². The highest BCUT2D eigenvalue weighted by Crippen LogP contribution is 2.28. The minimum Gasteiger partial charge on any atom is -0.378 e. The summed E-state index contributed by atoms with van der Waals surface area (Å²) in [5, 5.41) is 0. The minimum atomic E-state index is -0.0521. The summed E-state index contributed by atoms with van der Waals surface area (Å²) in [6.07, 6.45) is 7.27. The van der Waals surface area contributed by atoms with Crippen molar-refractivity contribution in [1.82, 2.24) is 24.8 Å². The van der Waals surface area contributed by atoms with Gasteiger partial charge in [0.05, 0.1) is 19.4 Å². The van der Waals surface area contributed by atoms with Gasteiger partial charge in [-0.1, -0.05) is 6.92 Å². The number of amides is 1. The number of ether oxygens (including phenoxy) is 1. The Morgan fingerprint density at radius 1 is 1.14 bits per heavy atom. The number of nitrogens with zero attached hydrogens (tertiary/aromatic N) is 6. The lowest BCUT2D eigenvalue weighted by Gasteiger charge is -2.32. The highest BCUT2D eigenvalue weighted by molar-refractivity contribution is 5.92. The van der Waals surface area contributed by atoms with Crippen LogP contribution in [-0.4, -0.2) is 70.1 Å². The van der Waals surface area contributed by atoms with Crippen molar-refractivity contribution < 1.29 is 9.53 Å². The summed E-state index contributed by atoms with van der Waals surface area (Å²) in [4.78, 5) is 34.5. The number of piperidine rings is 1. The van der Waals surface area contributed by atoms with Gasteiger partial charge in [0.1, 0.15) is 17.3 Å². The van der Waals surface area contributed by atoms with Gasteiger partial charge in [0.15, 0.2) is 0 Å². The molecule has 0 radical (unpaired) electrons. The molecule has 0 aromatic carbocycles. The van der Waals surface area contributed by atoms with Crippen molar-refractivity contribution in [2.45, 2.75) is 32.1 Å². The molecule has 8 heteroatoms. The molecule has 4 heterocycles. The van der Waals surface area contributed by atoms with Crippen LogP contribution >= 0.6 is 0 Å². The van der Waals surface area contributed by atoms with Crippen LogP contribution in [0.4, 0.5) is 5.82 Å². The molecule has 0 saturated carbocycles. The molecule has 0 aliphatic carbocycles. The summed E-state index contributed by atoms with van der Waals surface area (Å²) in [5.74, 6) is 2.14. The molecule has 1 amide bonds.